The van der Waals surface area contributed by atoms with Crippen LogP contribution in [0.4, 0.5) is 13.2 Å². The number of halogens is 4. The number of rotatable bonds is 4. The molecule has 0 bridgehead atoms. The largest absolute Gasteiger partial charge is 0.417 e. The van der Waals surface area contributed by atoms with Gasteiger partial charge in [0.2, 0.25) is 0 Å². The fourth-order valence-corrected chi connectivity index (χ4v) is 2.39. The Morgan fingerprint density at radius 1 is 1.33 bits per heavy atom. The van der Waals surface area contributed by atoms with Crippen molar-refractivity contribution in [2.24, 2.45) is 0 Å². The smallest absolute Gasteiger partial charge is 0.352 e. The van der Waals surface area contributed by atoms with Crippen molar-refractivity contribution in [1.82, 2.24) is 10.6 Å². The van der Waals surface area contributed by atoms with Gasteiger partial charge in [-0.2, -0.15) is 13.2 Å². The topological polar surface area (TPSA) is 41.1 Å². The third-order valence-corrected chi connectivity index (χ3v) is 3.42. The summed E-state index contributed by atoms with van der Waals surface area (Å²) in [5, 5.41) is 5.83. The molecule has 0 saturated carbocycles. The second-order valence-corrected chi connectivity index (χ2v) is 4.88. The van der Waals surface area contributed by atoms with Gasteiger partial charge in [-0.25, -0.2) is 0 Å². The molecule has 1 heterocycles. The minimum absolute atomic E-state index is 0. The lowest BCUT2D eigenvalue weighted by Gasteiger charge is -2.14. The van der Waals surface area contributed by atoms with E-state index in [2.05, 4.69) is 10.6 Å². The van der Waals surface area contributed by atoms with E-state index in [1.54, 1.807) is 0 Å². The number of amides is 1. The van der Waals surface area contributed by atoms with E-state index in [9.17, 15) is 18.0 Å². The molecule has 0 unspecified atom stereocenters. The molecule has 3 nitrogen and oxygen atoms in total. The lowest BCUT2D eigenvalue weighted by molar-refractivity contribution is -0.137. The Morgan fingerprint density at radius 3 is 2.67 bits per heavy atom. The van der Waals surface area contributed by atoms with Crippen molar-refractivity contribution in [3.05, 3.63) is 35.4 Å². The summed E-state index contributed by atoms with van der Waals surface area (Å²) < 4.78 is 38.4. The summed E-state index contributed by atoms with van der Waals surface area (Å²) in [6.07, 6.45) is -1.62. The summed E-state index contributed by atoms with van der Waals surface area (Å²) in [4.78, 5) is 11.9. The maximum absolute atomic E-state index is 12.8. The van der Waals surface area contributed by atoms with Gasteiger partial charge >= 0.3 is 6.18 Å². The molecule has 118 valence electrons. The maximum Gasteiger partial charge on any atom is 0.417 e. The van der Waals surface area contributed by atoms with Crippen LogP contribution in [0.3, 0.4) is 0 Å². The molecule has 0 aliphatic carbocycles. The van der Waals surface area contributed by atoms with Gasteiger partial charge in [-0.15, -0.1) is 12.4 Å². The molecule has 2 rings (SSSR count). The summed E-state index contributed by atoms with van der Waals surface area (Å²) >= 11 is 0. The van der Waals surface area contributed by atoms with Crippen LogP contribution in [0.5, 0.6) is 0 Å². The van der Waals surface area contributed by atoms with Crippen molar-refractivity contribution in [3.63, 3.8) is 0 Å². The molecule has 1 aliphatic heterocycles. The number of hydrogen-bond acceptors (Lipinski definition) is 2. The molecule has 0 spiro atoms. The molecule has 1 aliphatic rings. The van der Waals surface area contributed by atoms with Crippen LogP contribution >= 0.6 is 12.4 Å². The highest BCUT2D eigenvalue weighted by molar-refractivity contribution is 5.95. The molecular weight excluding hydrogens is 305 g/mol. The summed E-state index contributed by atoms with van der Waals surface area (Å²) in [6.45, 7) is 1.35. The van der Waals surface area contributed by atoms with Crippen LogP contribution in [-0.2, 0) is 6.18 Å². The number of nitrogens with one attached hydrogen (secondary N) is 2. The highest BCUT2D eigenvalue weighted by Crippen LogP contribution is 2.31. The average molecular weight is 323 g/mol. The third-order valence-electron chi connectivity index (χ3n) is 3.42. The van der Waals surface area contributed by atoms with Crippen molar-refractivity contribution in [3.8, 4) is 0 Å². The van der Waals surface area contributed by atoms with E-state index in [4.69, 9.17) is 0 Å². The SMILES string of the molecule is Cl.O=C(NCC[C@H]1CCCN1)c1ccccc1C(F)(F)F. The van der Waals surface area contributed by atoms with E-state index in [1.165, 1.54) is 18.2 Å². The number of benzene rings is 1. The number of carbonyl (C=O) groups is 1. The Hall–Kier alpha value is -1.27. The van der Waals surface area contributed by atoms with E-state index >= 15 is 0 Å². The Balaban J connectivity index is 0.00000220. The summed E-state index contributed by atoms with van der Waals surface area (Å²) in [6, 6.07) is 5.19. The molecule has 1 aromatic carbocycles. The van der Waals surface area contributed by atoms with Crippen LogP contribution < -0.4 is 10.6 Å². The molecule has 1 fully saturated rings. The Labute approximate surface area is 127 Å². The molecule has 7 heteroatoms. The molecule has 1 atom stereocenters. The predicted molar refractivity (Wildman–Crippen MR) is 76.7 cm³/mol. The van der Waals surface area contributed by atoms with Crippen LogP contribution in [0.25, 0.3) is 0 Å². The van der Waals surface area contributed by atoms with Gasteiger partial charge in [0, 0.05) is 12.6 Å². The van der Waals surface area contributed by atoms with E-state index in [0.29, 0.717) is 12.6 Å². The first kappa shape index (κ1) is 17.8. The molecular formula is C14H18ClF3N2O. The first-order valence-corrected chi connectivity index (χ1v) is 6.66. The van der Waals surface area contributed by atoms with Crippen molar-refractivity contribution < 1.29 is 18.0 Å². The fraction of sp³-hybridized carbons (Fsp3) is 0.500. The van der Waals surface area contributed by atoms with Crippen molar-refractivity contribution in [2.45, 2.75) is 31.5 Å². The Morgan fingerprint density at radius 2 is 2.05 bits per heavy atom. The van der Waals surface area contributed by atoms with Crippen molar-refractivity contribution >= 4 is 18.3 Å². The minimum Gasteiger partial charge on any atom is -0.352 e. The zero-order chi connectivity index (χ0) is 14.6. The number of hydrogen-bond donors (Lipinski definition) is 2. The molecule has 0 radical (unpaired) electrons. The summed E-state index contributed by atoms with van der Waals surface area (Å²) in [5.41, 5.74) is -1.21. The number of alkyl halides is 3. The normalized spacial score (nSPS) is 18.1. The van der Waals surface area contributed by atoms with Crippen LogP contribution in [0, 0.1) is 0 Å². The molecule has 1 saturated heterocycles. The lowest BCUT2D eigenvalue weighted by Crippen LogP contribution is -2.31. The predicted octanol–water partition coefficient (Wildman–Crippen LogP) is 3.00. The van der Waals surface area contributed by atoms with Gasteiger partial charge in [0.15, 0.2) is 0 Å². The molecule has 2 N–H and O–H groups in total. The second kappa shape index (κ2) is 7.66. The first-order chi connectivity index (χ1) is 9.48. The monoisotopic (exact) mass is 322 g/mol. The van der Waals surface area contributed by atoms with Gasteiger partial charge in [0.25, 0.3) is 5.91 Å². The van der Waals surface area contributed by atoms with Gasteiger partial charge in [0.05, 0.1) is 11.1 Å². The van der Waals surface area contributed by atoms with E-state index in [0.717, 1.165) is 31.9 Å². The van der Waals surface area contributed by atoms with Gasteiger partial charge in [-0.05, 0) is 37.9 Å². The van der Waals surface area contributed by atoms with Gasteiger partial charge in [-0.3, -0.25) is 4.79 Å². The zero-order valence-corrected chi connectivity index (χ0v) is 12.2. The fourth-order valence-electron chi connectivity index (χ4n) is 2.39. The van der Waals surface area contributed by atoms with Crippen molar-refractivity contribution in [2.75, 3.05) is 13.1 Å². The van der Waals surface area contributed by atoms with Gasteiger partial charge < -0.3 is 10.6 Å². The molecule has 1 amide bonds. The zero-order valence-electron chi connectivity index (χ0n) is 11.4. The Bertz CT molecular complexity index is 474. The van der Waals surface area contributed by atoms with Gasteiger partial charge in [0.1, 0.15) is 0 Å². The average Bonchev–Trinajstić information content (AvgIpc) is 2.91. The van der Waals surface area contributed by atoms with E-state index in [1.807, 2.05) is 0 Å². The highest BCUT2D eigenvalue weighted by atomic mass is 35.5. The Kier molecular flexibility index (Phi) is 6.48. The molecule has 0 aromatic heterocycles. The van der Waals surface area contributed by atoms with Crippen LogP contribution in [-0.4, -0.2) is 25.0 Å². The molecule has 1 aromatic rings. The van der Waals surface area contributed by atoms with Crippen LogP contribution in [0.2, 0.25) is 0 Å². The maximum atomic E-state index is 12.8. The van der Waals surface area contributed by atoms with Crippen LogP contribution in [0.15, 0.2) is 24.3 Å². The van der Waals surface area contributed by atoms with E-state index < -0.39 is 17.6 Å². The third kappa shape index (κ3) is 4.89. The van der Waals surface area contributed by atoms with Gasteiger partial charge in [-0.1, -0.05) is 12.1 Å². The highest BCUT2D eigenvalue weighted by Gasteiger charge is 2.34. The quantitative estimate of drug-likeness (QED) is 0.894. The number of carbonyl (C=O) groups excluding carboxylic acids is 1. The van der Waals surface area contributed by atoms with Crippen LogP contribution in [0.1, 0.15) is 35.2 Å². The first-order valence-electron chi connectivity index (χ1n) is 6.66. The summed E-state index contributed by atoms with van der Waals surface area (Å²) in [5.74, 6) is -0.670. The molecule has 21 heavy (non-hydrogen) atoms. The van der Waals surface area contributed by atoms with Crippen molar-refractivity contribution in [1.29, 1.82) is 0 Å². The van der Waals surface area contributed by atoms with E-state index in [-0.39, 0.29) is 18.0 Å². The minimum atomic E-state index is -4.51. The summed E-state index contributed by atoms with van der Waals surface area (Å²) in [7, 11) is 0. The second-order valence-electron chi connectivity index (χ2n) is 4.88. The lowest BCUT2D eigenvalue weighted by atomic mass is 10.1. The standard InChI is InChI=1S/C14H17F3N2O.ClH/c15-14(16,17)12-6-2-1-5-11(12)13(20)19-9-7-10-4-3-8-18-10;/h1-2,5-6,10,18H,3-4,7-9H2,(H,19,20);1H/t10-;/m1./s1.